The first-order valence-corrected chi connectivity index (χ1v) is 7.69. The highest BCUT2D eigenvalue weighted by atomic mass is 16.2. The van der Waals surface area contributed by atoms with E-state index in [1.807, 2.05) is 79.7 Å². The van der Waals surface area contributed by atoms with E-state index in [0.29, 0.717) is 5.56 Å². The van der Waals surface area contributed by atoms with E-state index in [2.05, 4.69) is 10.5 Å². The van der Waals surface area contributed by atoms with E-state index >= 15 is 0 Å². The molecule has 0 aliphatic heterocycles. The van der Waals surface area contributed by atoms with Gasteiger partial charge in [0.25, 0.3) is 5.91 Å². The van der Waals surface area contributed by atoms with Crippen molar-refractivity contribution in [2.45, 2.75) is 13.3 Å². The Balaban J connectivity index is 1.87. The monoisotopic (exact) mass is 302 g/mol. The molecule has 0 aliphatic rings. The first kappa shape index (κ1) is 15.0. The molecule has 0 aliphatic carbocycles. The van der Waals surface area contributed by atoms with Gasteiger partial charge in [-0.3, -0.25) is 4.79 Å². The van der Waals surface area contributed by atoms with Crippen LogP contribution in [0, 0.1) is 0 Å². The second kappa shape index (κ2) is 6.88. The molecule has 23 heavy (non-hydrogen) atoms. The van der Waals surface area contributed by atoms with Gasteiger partial charge in [-0.25, -0.2) is 5.43 Å². The van der Waals surface area contributed by atoms with Gasteiger partial charge in [0.1, 0.15) is 0 Å². The fourth-order valence-corrected chi connectivity index (χ4v) is 2.58. The molecule has 3 aromatic rings. The van der Waals surface area contributed by atoms with Crippen molar-refractivity contribution in [3.8, 4) is 0 Å². The molecule has 1 amide bonds. The minimum Gasteiger partial charge on any atom is -0.267 e. The number of carbonyl (C=O) groups excluding carboxylic acids is 1. The quantitative estimate of drug-likeness (QED) is 0.564. The maximum absolute atomic E-state index is 12.5. The fourth-order valence-electron chi connectivity index (χ4n) is 2.58. The first-order chi connectivity index (χ1) is 11.3. The smallest absolute Gasteiger partial charge is 0.267 e. The average Bonchev–Trinajstić information content (AvgIpc) is 2.62. The van der Waals surface area contributed by atoms with Crippen LogP contribution in [-0.4, -0.2) is 11.6 Å². The summed E-state index contributed by atoms with van der Waals surface area (Å²) in [4.78, 5) is 12.5. The van der Waals surface area contributed by atoms with Crippen molar-refractivity contribution >= 4 is 22.4 Å². The van der Waals surface area contributed by atoms with Crippen molar-refractivity contribution in [2.24, 2.45) is 5.10 Å². The van der Waals surface area contributed by atoms with Crippen LogP contribution >= 0.6 is 0 Å². The third kappa shape index (κ3) is 3.29. The van der Waals surface area contributed by atoms with Crippen molar-refractivity contribution in [3.63, 3.8) is 0 Å². The Morgan fingerprint density at radius 1 is 0.913 bits per heavy atom. The number of rotatable bonds is 4. The van der Waals surface area contributed by atoms with Gasteiger partial charge in [-0.15, -0.1) is 0 Å². The van der Waals surface area contributed by atoms with Crippen LogP contribution in [0.25, 0.3) is 10.8 Å². The van der Waals surface area contributed by atoms with Crippen LogP contribution in [0.1, 0.15) is 29.3 Å². The van der Waals surface area contributed by atoms with Crippen molar-refractivity contribution in [1.82, 2.24) is 5.43 Å². The van der Waals surface area contributed by atoms with E-state index in [4.69, 9.17) is 0 Å². The van der Waals surface area contributed by atoms with Gasteiger partial charge in [0.05, 0.1) is 5.71 Å². The molecule has 0 aromatic heterocycles. The lowest BCUT2D eigenvalue weighted by Crippen LogP contribution is -2.20. The topological polar surface area (TPSA) is 41.5 Å². The third-order valence-electron chi connectivity index (χ3n) is 3.77. The van der Waals surface area contributed by atoms with Crippen LogP contribution in [-0.2, 0) is 0 Å². The van der Waals surface area contributed by atoms with Crippen molar-refractivity contribution in [2.75, 3.05) is 0 Å². The van der Waals surface area contributed by atoms with Crippen LogP contribution < -0.4 is 5.43 Å². The molecule has 0 fully saturated rings. The molecule has 3 heteroatoms. The van der Waals surface area contributed by atoms with E-state index in [9.17, 15) is 4.79 Å². The summed E-state index contributed by atoms with van der Waals surface area (Å²) in [7, 11) is 0. The Morgan fingerprint density at radius 3 is 2.39 bits per heavy atom. The first-order valence-electron chi connectivity index (χ1n) is 7.69. The minimum atomic E-state index is -0.191. The molecule has 0 bridgehead atoms. The molecule has 0 saturated heterocycles. The normalized spacial score (nSPS) is 11.4. The van der Waals surface area contributed by atoms with Crippen LogP contribution in [0.2, 0.25) is 0 Å². The summed E-state index contributed by atoms with van der Waals surface area (Å²) in [6, 6.07) is 23.4. The summed E-state index contributed by atoms with van der Waals surface area (Å²) in [5, 5.41) is 6.29. The predicted octanol–water partition coefficient (Wildman–Crippen LogP) is 4.38. The van der Waals surface area contributed by atoms with E-state index < -0.39 is 0 Å². The highest BCUT2D eigenvalue weighted by Gasteiger charge is 2.09. The van der Waals surface area contributed by atoms with E-state index in [1.165, 1.54) is 0 Å². The Labute approximate surface area is 135 Å². The van der Waals surface area contributed by atoms with Crippen molar-refractivity contribution < 1.29 is 4.79 Å². The van der Waals surface area contributed by atoms with Crippen molar-refractivity contribution in [1.29, 1.82) is 0 Å². The van der Waals surface area contributed by atoms with Gasteiger partial charge in [-0.2, -0.15) is 5.10 Å². The van der Waals surface area contributed by atoms with Crippen LogP contribution in [0.15, 0.2) is 77.9 Å². The highest BCUT2D eigenvalue weighted by Crippen LogP contribution is 2.18. The Morgan fingerprint density at radius 2 is 1.61 bits per heavy atom. The fraction of sp³-hybridized carbons (Fsp3) is 0.100. The molecule has 3 rings (SSSR count). The number of fused-ring (bicyclic) bond motifs is 1. The molecule has 0 radical (unpaired) electrons. The molecule has 1 N–H and O–H groups in total. The molecular weight excluding hydrogens is 284 g/mol. The summed E-state index contributed by atoms with van der Waals surface area (Å²) < 4.78 is 0. The second-order valence-electron chi connectivity index (χ2n) is 5.25. The Hall–Kier alpha value is -2.94. The number of hydrazone groups is 1. The maximum atomic E-state index is 12.5. The molecule has 3 aromatic carbocycles. The summed E-state index contributed by atoms with van der Waals surface area (Å²) in [5.74, 6) is -0.191. The lowest BCUT2D eigenvalue weighted by Gasteiger charge is -2.07. The average molecular weight is 302 g/mol. The minimum absolute atomic E-state index is 0.191. The zero-order valence-electron chi connectivity index (χ0n) is 13.0. The molecule has 0 saturated carbocycles. The van der Waals surface area contributed by atoms with Gasteiger partial charge < -0.3 is 0 Å². The number of hydrogen-bond donors (Lipinski definition) is 1. The Bertz CT molecular complexity index is 848. The molecule has 3 nitrogen and oxygen atoms in total. The van der Waals surface area contributed by atoms with E-state index in [0.717, 1.165) is 28.5 Å². The van der Waals surface area contributed by atoms with Crippen LogP contribution in [0.5, 0.6) is 0 Å². The third-order valence-corrected chi connectivity index (χ3v) is 3.77. The standard InChI is InChI=1S/C20H18N2O/c1-2-19(16-10-4-3-5-11-16)21-22-20(23)18-14-8-12-15-9-6-7-13-17(15)18/h3-14H,2H2,1H3,(H,22,23)/b21-19+. The molecule has 0 atom stereocenters. The Kier molecular flexibility index (Phi) is 4.48. The molecule has 114 valence electrons. The number of carbonyl (C=O) groups is 1. The lowest BCUT2D eigenvalue weighted by atomic mass is 10.0. The summed E-state index contributed by atoms with van der Waals surface area (Å²) in [6.07, 6.45) is 0.750. The largest absolute Gasteiger partial charge is 0.272 e. The SMILES string of the molecule is CC/C(=N\NC(=O)c1cccc2ccccc12)c1ccccc1. The van der Waals surface area contributed by atoms with Gasteiger partial charge in [0.2, 0.25) is 0 Å². The lowest BCUT2D eigenvalue weighted by molar-refractivity contribution is 0.0956. The summed E-state index contributed by atoms with van der Waals surface area (Å²) in [6.45, 7) is 2.02. The molecule has 0 spiro atoms. The highest BCUT2D eigenvalue weighted by molar-refractivity contribution is 6.08. The van der Waals surface area contributed by atoms with Gasteiger partial charge >= 0.3 is 0 Å². The van der Waals surface area contributed by atoms with Gasteiger partial charge in [0, 0.05) is 5.56 Å². The van der Waals surface area contributed by atoms with Gasteiger partial charge in [-0.05, 0) is 28.8 Å². The van der Waals surface area contributed by atoms with Crippen LogP contribution in [0.4, 0.5) is 0 Å². The summed E-state index contributed by atoms with van der Waals surface area (Å²) in [5.41, 5.74) is 5.21. The number of nitrogens with one attached hydrogen (secondary N) is 1. The number of nitrogens with zero attached hydrogens (tertiary/aromatic N) is 1. The molecule has 0 unspecified atom stereocenters. The zero-order chi connectivity index (χ0) is 16.1. The predicted molar refractivity (Wildman–Crippen MR) is 94.7 cm³/mol. The molecular formula is C20H18N2O. The number of amides is 1. The number of benzene rings is 3. The van der Waals surface area contributed by atoms with E-state index in [-0.39, 0.29) is 5.91 Å². The summed E-state index contributed by atoms with van der Waals surface area (Å²) >= 11 is 0. The maximum Gasteiger partial charge on any atom is 0.272 e. The zero-order valence-corrected chi connectivity index (χ0v) is 13.0. The van der Waals surface area contributed by atoms with E-state index in [1.54, 1.807) is 0 Å². The van der Waals surface area contributed by atoms with Crippen molar-refractivity contribution in [3.05, 3.63) is 83.9 Å². The second-order valence-corrected chi connectivity index (χ2v) is 5.25. The molecule has 0 heterocycles. The van der Waals surface area contributed by atoms with Gasteiger partial charge in [0.15, 0.2) is 0 Å². The number of hydrogen-bond acceptors (Lipinski definition) is 2. The van der Waals surface area contributed by atoms with Crippen LogP contribution in [0.3, 0.4) is 0 Å². The van der Waals surface area contributed by atoms with Gasteiger partial charge in [-0.1, -0.05) is 73.7 Å².